The second-order valence-electron chi connectivity index (χ2n) is 23.5. The summed E-state index contributed by atoms with van der Waals surface area (Å²) >= 11 is 1.92. The van der Waals surface area contributed by atoms with Gasteiger partial charge in [-0.1, -0.05) is 152 Å². The molecule has 0 unspecified atom stereocenters. The van der Waals surface area contributed by atoms with Crippen LogP contribution in [0.2, 0.25) is 0 Å². The van der Waals surface area contributed by atoms with Crippen molar-refractivity contribution in [1.82, 2.24) is 0 Å². The largest absolute Gasteiger partial charge is 0.455 e. The van der Waals surface area contributed by atoms with Gasteiger partial charge in [0.05, 0.1) is 5.69 Å². The fourth-order valence-electron chi connectivity index (χ4n) is 12.8. The van der Waals surface area contributed by atoms with Crippen molar-refractivity contribution in [3.63, 3.8) is 0 Å². The van der Waals surface area contributed by atoms with Crippen LogP contribution in [0.4, 0.5) is 28.4 Å². The first-order valence-corrected chi connectivity index (χ1v) is 26.4. The Kier molecular flexibility index (Phi) is 9.45. The van der Waals surface area contributed by atoms with Crippen molar-refractivity contribution < 1.29 is 4.42 Å². The first kappa shape index (κ1) is 43.5. The van der Waals surface area contributed by atoms with Crippen LogP contribution in [-0.2, 0) is 21.7 Å². The van der Waals surface area contributed by atoms with Crippen molar-refractivity contribution in [1.29, 1.82) is 0 Å². The lowest BCUT2D eigenvalue weighted by Crippen LogP contribution is -2.41. The summed E-state index contributed by atoms with van der Waals surface area (Å²) in [5, 5.41) is 8.93. The predicted octanol–water partition coefficient (Wildman–Crippen LogP) is 17.2. The van der Waals surface area contributed by atoms with Gasteiger partial charge in [-0.3, -0.25) is 0 Å². The van der Waals surface area contributed by atoms with E-state index < -0.39 is 0 Å². The van der Waals surface area contributed by atoms with Gasteiger partial charge < -0.3 is 14.6 Å². The van der Waals surface area contributed by atoms with Crippen LogP contribution in [-0.4, -0.2) is 7.28 Å². The molecule has 2 aliphatic carbocycles. The molecule has 2 aromatic heterocycles. The maximum absolute atomic E-state index is 7.20. The summed E-state index contributed by atoms with van der Waals surface area (Å²) in [5.41, 5.74) is 22.7. The number of hydrogen-bond donors (Lipinski definition) is 1. The molecule has 3 aliphatic rings. The van der Waals surface area contributed by atoms with Crippen LogP contribution in [0.25, 0.3) is 64.4 Å². The number of hydrogen-bond acceptors (Lipinski definition) is 4. The quantitative estimate of drug-likeness (QED) is 0.174. The highest BCUT2D eigenvalue weighted by Gasteiger charge is 2.40. The average molecular weight is 929 g/mol. The molecule has 3 nitrogen and oxygen atoms in total. The maximum Gasteiger partial charge on any atom is 0.198 e. The Morgan fingerprint density at radius 2 is 1.17 bits per heavy atom. The molecule has 0 spiro atoms. The van der Waals surface area contributed by atoms with E-state index in [1.54, 1.807) is 0 Å². The summed E-state index contributed by atoms with van der Waals surface area (Å²) in [6.45, 7) is 21.8. The van der Waals surface area contributed by atoms with E-state index in [4.69, 9.17) is 4.42 Å². The fraction of sp³-hybridized carbons (Fsp3) is 0.262. The van der Waals surface area contributed by atoms with E-state index in [0.29, 0.717) is 0 Å². The molecule has 10 aromatic rings. The minimum absolute atomic E-state index is 0.0402. The van der Waals surface area contributed by atoms with E-state index in [0.717, 1.165) is 59.0 Å². The third-order valence-corrected chi connectivity index (χ3v) is 18.3. The molecule has 8 aromatic carbocycles. The molecule has 0 atom stereocenters. The van der Waals surface area contributed by atoms with E-state index >= 15 is 0 Å². The van der Waals surface area contributed by atoms with Crippen LogP contribution in [0.1, 0.15) is 109 Å². The Balaban J connectivity index is 1.13. The Hall–Kier alpha value is -6.56. The highest BCUT2D eigenvalue weighted by atomic mass is 32.1. The van der Waals surface area contributed by atoms with Gasteiger partial charge in [0, 0.05) is 64.8 Å². The Morgan fingerprint density at radius 1 is 0.514 bits per heavy atom. The second-order valence-corrected chi connectivity index (χ2v) is 24.6. The Morgan fingerprint density at radius 3 is 1.93 bits per heavy atom. The van der Waals surface area contributed by atoms with Crippen molar-refractivity contribution in [2.75, 3.05) is 10.2 Å². The molecular formula is C65H61BN2OS. The van der Waals surface area contributed by atoms with Crippen molar-refractivity contribution >= 4 is 100 Å². The molecule has 0 amide bonds. The average Bonchev–Trinajstić information content (AvgIpc) is 3.92. The highest BCUT2D eigenvalue weighted by Crippen LogP contribution is 2.54. The molecular weight excluding hydrogens is 868 g/mol. The summed E-state index contributed by atoms with van der Waals surface area (Å²) in [5.74, 6) is 0. The van der Waals surface area contributed by atoms with Gasteiger partial charge in [-0.25, -0.2) is 0 Å². The molecule has 13 rings (SSSR count). The first-order valence-electron chi connectivity index (χ1n) is 25.5. The molecule has 346 valence electrons. The predicted molar refractivity (Wildman–Crippen MR) is 304 cm³/mol. The third kappa shape index (κ3) is 6.60. The van der Waals surface area contributed by atoms with Gasteiger partial charge in [0.1, 0.15) is 11.2 Å². The van der Waals surface area contributed by atoms with Crippen molar-refractivity contribution in [2.24, 2.45) is 0 Å². The number of rotatable bonds is 5. The Bertz CT molecular complexity index is 3810. The van der Waals surface area contributed by atoms with E-state index in [-0.39, 0.29) is 21.7 Å². The number of furan rings is 1. The van der Waals surface area contributed by atoms with Crippen LogP contribution in [0, 0.1) is 6.92 Å². The molecule has 1 aliphatic heterocycles. The first-order chi connectivity index (χ1) is 33.6. The molecule has 0 radical (unpaired) electrons. The summed E-state index contributed by atoms with van der Waals surface area (Å²) in [4.78, 5) is 2.66. The van der Waals surface area contributed by atoms with Crippen LogP contribution >= 0.6 is 11.3 Å². The number of thiophene rings is 1. The van der Waals surface area contributed by atoms with Gasteiger partial charge in [0.2, 0.25) is 0 Å². The van der Waals surface area contributed by atoms with Gasteiger partial charge in [-0.05, 0) is 153 Å². The molecule has 0 bridgehead atoms. The van der Waals surface area contributed by atoms with Gasteiger partial charge in [0.25, 0.3) is 0 Å². The maximum atomic E-state index is 7.20. The lowest BCUT2D eigenvalue weighted by atomic mass is 9.57. The standard InChI is InChI=1S/C65H61BN2OS/c1-38-33-47-49(65(8,9)32-31-63(47,4)5)37-52(38)68-53-34-40(39-17-11-10-12-18-39)23-27-50(53)66-59-54(68)36-45-43-20-14-16-22-56(43)70-61(45)58(59)57-51(28-25-44-42-19-13-15-21-55(42)69-60(44)57)67-41-24-26-46-48(35-41)64(6,7)30-29-62(46,2)3/h10-28,33-37,66-67H,29-32H2,1-9H3. The van der Waals surface area contributed by atoms with Gasteiger partial charge in [-0.15, -0.1) is 11.3 Å². The summed E-state index contributed by atoms with van der Waals surface area (Å²) in [6, 6.07) is 55.1. The molecule has 0 saturated heterocycles. The number of nitrogens with one attached hydrogen (secondary N) is 1. The summed E-state index contributed by atoms with van der Waals surface area (Å²) in [7, 11) is 0.774. The smallest absolute Gasteiger partial charge is 0.198 e. The van der Waals surface area contributed by atoms with Crippen molar-refractivity contribution in [2.45, 2.75) is 110 Å². The lowest BCUT2D eigenvalue weighted by Gasteiger charge is -2.44. The zero-order valence-corrected chi connectivity index (χ0v) is 43.0. The molecule has 1 N–H and O–H groups in total. The zero-order valence-electron chi connectivity index (χ0n) is 42.2. The number of para-hydroxylation sites is 1. The van der Waals surface area contributed by atoms with Crippen LogP contribution < -0.4 is 21.1 Å². The minimum atomic E-state index is 0.0402. The number of fused-ring (bicyclic) bond motifs is 10. The van der Waals surface area contributed by atoms with Gasteiger partial charge in [-0.2, -0.15) is 0 Å². The fourth-order valence-corrected chi connectivity index (χ4v) is 14.0. The zero-order chi connectivity index (χ0) is 48.1. The van der Waals surface area contributed by atoms with Crippen molar-refractivity contribution in [3.8, 4) is 22.3 Å². The van der Waals surface area contributed by atoms with E-state index in [9.17, 15) is 0 Å². The van der Waals surface area contributed by atoms with Crippen molar-refractivity contribution in [3.05, 3.63) is 173 Å². The normalized spacial score (nSPS) is 17.2. The monoisotopic (exact) mass is 928 g/mol. The highest BCUT2D eigenvalue weighted by molar-refractivity contribution is 7.26. The van der Waals surface area contributed by atoms with E-state index in [2.05, 4.69) is 218 Å². The summed E-state index contributed by atoms with van der Waals surface area (Å²) in [6.07, 6.45) is 4.68. The lowest BCUT2D eigenvalue weighted by molar-refractivity contribution is 0.332. The molecule has 0 saturated carbocycles. The van der Waals surface area contributed by atoms with Crippen LogP contribution in [0.5, 0.6) is 0 Å². The van der Waals surface area contributed by atoms with E-state index in [1.807, 2.05) is 11.3 Å². The number of aryl methyl sites for hydroxylation is 1. The van der Waals surface area contributed by atoms with Gasteiger partial charge in [0.15, 0.2) is 7.28 Å². The Labute approximate surface area is 417 Å². The van der Waals surface area contributed by atoms with E-state index in [1.165, 1.54) is 106 Å². The van der Waals surface area contributed by atoms with Crippen LogP contribution in [0.15, 0.2) is 150 Å². The SMILES string of the molecule is Cc1cc2c(cc1N1c3cc(-c4ccccc4)ccc3Bc3c1cc1c(sc4ccccc41)c3-c1c(Nc3ccc4c(c3)C(C)(C)CCC4(C)C)ccc3c1oc1ccccc13)C(C)(C)CCC2(C)C. The molecule has 0 fully saturated rings. The molecule has 70 heavy (non-hydrogen) atoms. The second kappa shape index (κ2) is 15.2. The number of anilines is 5. The molecule has 5 heteroatoms. The topological polar surface area (TPSA) is 28.4 Å². The van der Waals surface area contributed by atoms with Gasteiger partial charge >= 0.3 is 0 Å². The number of nitrogens with zero attached hydrogens (tertiary/aromatic N) is 1. The molecule has 3 heterocycles. The third-order valence-electron chi connectivity index (χ3n) is 17.1. The minimum Gasteiger partial charge on any atom is -0.455 e. The summed E-state index contributed by atoms with van der Waals surface area (Å²) < 4.78 is 9.78. The van der Waals surface area contributed by atoms with Crippen LogP contribution in [0.3, 0.4) is 0 Å². The number of benzene rings is 8.